The van der Waals surface area contributed by atoms with Gasteiger partial charge in [-0.25, -0.2) is 0 Å². The normalized spacial score (nSPS) is 25.2. The molecule has 1 aliphatic carbocycles. The Bertz CT molecular complexity index is 266. The first-order chi connectivity index (χ1) is 8.36. The summed E-state index contributed by atoms with van der Waals surface area (Å²) in [6.07, 6.45) is 4.31. The molecule has 0 unspecified atom stereocenters. The van der Waals surface area contributed by atoms with Crippen molar-refractivity contribution in [2.45, 2.75) is 59.4 Å². The van der Waals surface area contributed by atoms with E-state index in [2.05, 4.69) is 38.3 Å². The highest BCUT2D eigenvalue weighted by Crippen LogP contribution is 2.27. The van der Waals surface area contributed by atoms with E-state index in [1.807, 2.05) is 7.05 Å². The van der Waals surface area contributed by atoms with Crippen LogP contribution in [0, 0.1) is 17.3 Å². The third-order valence-corrected chi connectivity index (χ3v) is 4.79. The molecule has 1 fully saturated rings. The summed E-state index contributed by atoms with van der Waals surface area (Å²) < 4.78 is 0. The summed E-state index contributed by atoms with van der Waals surface area (Å²) in [6.45, 7) is 9.65. The Morgan fingerprint density at radius 1 is 1.22 bits per heavy atom. The quantitative estimate of drug-likeness (QED) is 0.791. The smallest absolute Gasteiger partial charge is 0.223 e. The first-order valence-electron chi connectivity index (χ1n) is 7.31. The summed E-state index contributed by atoms with van der Waals surface area (Å²) in [5, 5.41) is 6.45. The van der Waals surface area contributed by atoms with Crippen LogP contribution in [-0.2, 0) is 4.79 Å². The van der Waals surface area contributed by atoms with E-state index in [-0.39, 0.29) is 17.2 Å². The Balaban J connectivity index is 2.34. The fraction of sp³-hybridized carbons (Fsp3) is 0.933. The van der Waals surface area contributed by atoms with E-state index < -0.39 is 0 Å². The number of rotatable bonds is 5. The summed E-state index contributed by atoms with van der Waals surface area (Å²) in [7, 11) is 2.01. The highest BCUT2D eigenvalue weighted by atomic mass is 16.1. The molecule has 0 aromatic heterocycles. The molecule has 0 bridgehead atoms. The van der Waals surface area contributed by atoms with E-state index in [1.165, 1.54) is 0 Å². The molecule has 0 aliphatic heterocycles. The molecule has 0 atom stereocenters. The third kappa shape index (κ3) is 4.27. The van der Waals surface area contributed by atoms with Crippen molar-refractivity contribution in [1.29, 1.82) is 0 Å². The molecule has 0 saturated heterocycles. The number of hydrogen-bond acceptors (Lipinski definition) is 2. The second-order valence-corrected chi connectivity index (χ2v) is 6.70. The molecule has 3 heteroatoms. The van der Waals surface area contributed by atoms with Crippen LogP contribution in [-0.4, -0.2) is 25.5 Å². The van der Waals surface area contributed by atoms with E-state index in [0.29, 0.717) is 12.0 Å². The molecule has 1 aliphatic rings. The van der Waals surface area contributed by atoms with Crippen molar-refractivity contribution in [3.8, 4) is 0 Å². The number of hydrogen-bond donors (Lipinski definition) is 2. The maximum absolute atomic E-state index is 12.1. The van der Waals surface area contributed by atoms with Crippen LogP contribution in [0.3, 0.4) is 0 Å². The van der Waals surface area contributed by atoms with Crippen molar-refractivity contribution in [1.82, 2.24) is 10.6 Å². The van der Waals surface area contributed by atoms with Gasteiger partial charge in [-0.2, -0.15) is 0 Å². The summed E-state index contributed by atoms with van der Waals surface area (Å²) >= 11 is 0. The minimum atomic E-state index is 0.178. The average molecular weight is 254 g/mol. The molecule has 1 rings (SSSR count). The van der Waals surface area contributed by atoms with Gasteiger partial charge in [0.1, 0.15) is 0 Å². The number of carbonyl (C=O) groups excluding carboxylic acids is 1. The monoisotopic (exact) mass is 254 g/mol. The van der Waals surface area contributed by atoms with Crippen LogP contribution in [0.25, 0.3) is 0 Å². The van der Waals surface area contributed by atoms with E-state index in [1.54, 1.807) is 0 Å². The molecule has 3 nitrogen and oxygen atoms in total. The van der Waals surface area contributed by atoms with Gasteiger partial charge in [0, 0.05) is 18.5 Å². The number of nitrogens with one attached hydrogen (secondary N) is 2. The van der Waals surface area contributed by atoms with Crippen molar-refractivity contribution in [2.24, 2.45) is 17.3 Å². The lowest BCUT2D eigenvalue weighted by Crippen LogP contribution is -2.42. The average Bonchev–Trinajstić information content (AvgIpc) is 2.36. The van der Waals surface area contributed by atoms with E-state index in [4.69, 9.17) is 0 Å². The molecule has 0 heterocycles. The Kier molecular flexibility index (Phi) is 5.64. The van der Waals surface area contributed by atoms with Gasteiger partial charge in [0.25, 0.3) is 0 Å². The Labute approximate surface area is 112 Å². The third-order valence-electron chi connectivity index (χ3n) is 4.79. The molecule has 0 aromatic rings. The molecule has 0 spiro atoms. The van der Waals surface area contributed by atoms with Gasteiger partial charge < -0.3 is 10.6 Å². The number of amides is 1. The standard InChI is InChI=1S/C15H30N2O/c1-11(2)15(3,4)10-17-14(18)12-6-8-13(16-5)9-7-12/h11-13,16H,6-10H2,1-5H3,(H,17,18). The molecule has 2 N–H and O–H groups in total. The van der Waals surface area contributed by atoms with E-state index in [9.17, 15) is 4.79 Å². The van der Waals surface area contributed by atoms with E-state index >= 15 is 0 Å². The van der Waals surface area contributed by atoms with Crippen LogP contribution in [0.5, 0.6) is 0 Å². The van der Waals surface area contributed by atoms with E-state index in [0.717, 1.165) is 32.2 Å². The van der Waals surface area contributed by atoms with Gasteiger partial charge in [-0.1, -0.05) is 27.7 Å². The number of carbonyl (C=O) groups is 1. The summed E-state index contributed by atoms with van der Waals surface area (Å²) in [6, 6.07) is 0.612. The van der Waals surface area contributed by atoms with Crippen LogP contribution in [0.15, 0.2) is 0 Å². The minimum Gasteiger partial charge on any atom is -0.355 e. The second kappa shape index (κ2) is 6.55. The zero-order chi connectivity index (χ0) is 13.8. The van der Waals surface area contributed by atoms with Crippen LogP contribution in [0.2, 0.25) is 0 Å². The minimum absolute atomic E-state index is 0.178. The zero-order valence-corrected chi connectivity index (χ0v) is 12.7. The van der Waals surface area contributed by atoms with Crippen LogP contribution in [0.4, 0.5) is 0 Å². The van der Waals surface area contributed by atoms with Gasteiger partial charge in [-0.15, -0.1) is 0 Å². The lowest BCUT2D eigenvalue weighted by molar-refractivity contribution is -0.126. The highest BCUT2D eigenvalue weighted by Gasteiger charge is 2.28. The van der Waals surface area contributed by atoms with Crippen molar-refractivity contribution in [3.05, 3.63) is 0 Å². The van der Waals surface area contributed by atoms with Crippen molar-refractivity contribution >= 4 is 5.91 Å². The van der Waals surface area contributed by atoms with Gasteiger partial charge in [0.05, 0.1) is 0 Å². The van der Waals surface area contributed by atoms with Crippen molar-refractivity contribution in [2.75, 3.05) is 13.6 Å². The molecular formula is C15H30N2O. The van der Waals surface area contributed by atoms with Gasteiger partial charge in [0.15, 0.2) is 0 Å². The fourth-order valence-electron chi connectivity index (χ4n) is 2.31. The first kappa shape index (κ1) is 15.5. The predicted molar refractivity (Wildman–Crippen MR) is 76.4 cm³/mol. The van der Waals surface area contributed by atoms with Gasteiger partial charge in [-0.3, -0.25) is 4.79 Å². The van der Waals surface area contributed by atoms with Crippen molar-refractivity contribution < 1.29 is 4.79 Å². The Morgan fingerprint density at radius 3 is 2.22 bits per heavy atom. The maximum Gasteiger partial charge on any atom is 0.223 e. The SMILES string of the molecule is CNC1CCC(C(=O)NCC(C)(C)C(C)C)CC1. The molecule has 0 radical (unpaired) electrons. The largest absolute Gasteiger partial charge is 0.355 e. The molecule has 1 saturated carbocycles. The van der Waals surface area contributed by atoms with Crippen LogP contribution in [0.1, 0.15) is 53.4 Å². The molecular weight excluding hydrogens is 224 g/mol. The van der Waals surface area contributed by atoms with Gasteiger partial charge >= 0.3 is 0 Å². The van der Waals surface area contributed by atoms with Gasteiger partial charge in [0.2, 0.25) is 5.91 Å². The summed E-state index contributed by atoms with van der Waals surface area (Å²) in [5.41, 5.74) is 0.178. The molecule has 106 valence electrons. The zero-order valence-electron chi connectivity index (χ0n) is 12.7. The predicted octanol–water partition coefficient (Wildman–Crippen LogP) is 2.56. The molecule has 18 heavy (non-hydrogen) atoms. The summed E-state index contributed by atoms with van der Waals surface area (Å²) in [5.74, 6) is 1.08. The highest BCUT2D eigenvalue weighted by molar-refractivity contribution is 5.78. The molecule has 1 amide bonds. The second-order valence-electron chi connectivity index (χ2n) is 6.70. The first-order valence-corrected chi connectivity index (χ1v) is 7.31. The topological polar surface area (TPSA) is 41.1 Å². The fourth-order valence-corrected chi connectivity index (χ4v) is 2.31. The molecule has 0 aromatic carbocycles. The maximum atomic E-state index is 12.1. The Hall–Kier alpha value is -0.570. The lowest BCUT2D eigenvalue weighted by Gasteiger charge is -2.32. The summed E-state index contributed by atoms with van der Waals surface area (Å²) in [4.78, 5) is 12.1. The van der Waals surface area contributed by atoms with Crippen LogP contribution >= 0.6 is 0 Å². The van der Waals surface area contributed by atoms with Gasteiger partial charge in [-0.05, 0) is 44.1 Å². The van der Waals surface area contributed by atoms with Crippen LogP contribution < -0.4 is 10.6 Å². The lowest BCUT2D eigenvalue weighted by atomic mass is 9.80. The Morgan fingerprint density at radius 2 is 1.78 bits per heavy atom. The van der Waals surface area contributed by atoms with Crippen molar-refractivity contribution in [3.63, 3.8) is 0 Å².